The van der Waals surface area contributed by atoms with Crippen molar-refractivity contribution in [3.63, 3.8) is 0 Å². The van der Waals surface area contributed by atoms with Gasteiger partial charge in [-0.2, -0.15) is 0 Å². The van der Waals surface area contributed by atoms with E-state index in [1.165, 1.54) is 4.90 Å². The highest BCUT2D eigenvalue weighted by Gasteiger charge is 2.42. The maximum atomic E-state index is 11.7. The van der Waals surface area contributed by atoms with E-state index < -0.39 is 0 Å². The molecule has 0 aromatic rings. The summed E-state index contributed by atoms with van der Waals surface area (Å²) >= 11 is 0. The molecular formula is C10H16N2O3. The van der Waals surface area contributed by atoms with E-state index in [1.54, 1.807) is 0 Å². The zero-order chi connectivity index (χ0) is 10.9. The summed E-state index contributed by atoms with van der Waals surface area (Å²) in [6.07, 6.45) is 1.65. The van der Waals surface area contributed by atoms with Crippen LogP contribution in [0.25, 0.3) is 0 Å². The highest BCUT2D eigenvalue weighted by Crippen LogP contribution is 2.27. The lowest BCUT2D eigenvalue weighted by molar-refractivity contribution is -0.167. The van der Waals surface area contributed by atoms with Gasteiger partial charge >= 0.3 is 0 Å². The molecule has 2 aliphatic rings. The van der Waals surface area contributed by atoms with Gasteiger partial charge in [0.25, 0.3) is 11.8 Å². The third kappa shape index (κ3) is 1.89. The largest absolute Gasteiger partial charge is 0.362 e. The van der Waals surface area contributed by atoms with Crippen molar-refractivity contribution >= 4 is 11.8 Å². The van der Waals surface area contributed by atoms with Crippen molar-refractivity contribution < 1.29 is 14.3 Å². The zero-order valence-electron chi connectivity index (χ0n) is 8.91. The van der Waals surface area contributed by atoms with Gasteiger partial charge in [-0.15, -0.1) is 0 Å². The molecule has 0 aliphatic carbocycles. The molecule has 2 aliphatic heterocycles. The van der Waals surface area contributed by atoms with Crippen molar-refractivity contribution in [2.24, 2.45) is 0 Å². The van der Waals surface area contributed by atoms with E-state index in [4.69, 9.17) is 4.74 Å². The third-order valence-electron chi connectivity index (χ3n) is 3.17. The standard InChI is InChI=1S/C10H16N2O3/c1-10(2-4-11-5-3-10)12-8(13)6-15-7-9(12)14/h11H,2-7H2,1H3. The molecule has 15 heavy (non-hydrogen) atoms. The Bertz CT molecular complexity index is 268. The minimum Gasteiger partial charge on any atom is -0.362 e. The normalized spacial score (nSPS) is 26.9. The molecule has 2 rings (SSSR count). The van der Waals surface area contributed by atoms with Crippen LogP contribution in [-0.4, -0.2) is 48.6 Å². The van der Waals surface area contributed by atoms with E-state index in [-0.39, 0.29) is 30.6 Å². The summed E-state index contributed by atoms with van der Waals surface area (Å²) in [6, 6.07) is 0. The summed E-state index contributed by atoms with van der Waals surface area (Å²) in [5.41, 5.74) is -0.316. The Hall–Kier alpha value is -0.940. The minimum atomic E-state index is -0.316. The number of carbonyl (C=O) groups is 2. The lowest BCUT2D eigenvalue weighted by Crippen LogP contribution is -2.61. The van der Waals surface area contributed by atoms with Crippen molar-refractivity contribution in [1.29, 1.82) is 0 Å². The average Bonchev–Trinajstić information content (AvgIpc) is 2.18. The van der Waals surface area contributed by atoms with Crippen LogP contribution in [0.3, 0.4) is 0 Å². The van der Waals surface area contributed by atoms with Crippen LogP contribution < -0.4 is 5.32 Å². The first-order valence-corrected chi connectivity index (χ1v) is 5.28. The molecule has 0 aromatic carbocycles. The van der Waals surface area contributed by atoms with Gasteiger partial charge in [0.2, 0.25) is 0 Å². The lowest BCUT2D eigenvalue weighted by Gasteiger charge is -2.44. The Labute approximate surface area is 88.8 Å². The van der Waals surface area contributed by atoms with Crippen LogP contribution in [0, 0.1) is 0 Å². The number of piperidine rings is 1. The molecular weight excluding hydrogens is 196 g/mol. The van der Waals surface area contributed by atoms with Crippen LogP contribution in [0.1, 0.15) is 19.8 Å². The molecule has 0 bridgehead atoms. The number of amides is 2. The molecule has 2 heterocycles. The molecule has 1 N–H and O–H groups in total. The zero-order valence-corrected chi connectivity index (χ0v) is 8.91. The van der Waals surface area contributed by atoms with E-state index in [1.807, 2.05) is 6.92 Å². The van der Waals surface area contributed by atoms with E-state index in [9.17, 15) is 9.59 Å². The summed E-state index contributed by atoms with van der Waals surface area (Å²) < 4.78 is 4.90. The van der Waals surface area contributed by atoms with Crippen molar-refractivity contribution in [3.8, 4) is 0 Å². The van der Waals surface area contributed by atoms with Gasteiger partial charge in [-0.1, -0.05) is 0 Å². The Morgan fingerprint density at radius 2 is 1.73 bits per heavy atom. The number of rotatable bonds is 1. The smallest absolute Gasteiger partial charge is 0.255 e. The number of nitrogens with zero attached hydrogens (tertiary/aromatic N) is 1. The number of ether oxygens (including phenoxy) is 1. The first-order valence-electron chi connectivity index (χ1n) is 5.28. The maximum Gasteiger partial charge on any atom is 0.255 e. The summed E-state index contributed by atoms with van der Waals surface area (Å²) in [7, 11) is 0. The molecule has 84 valence electrons. The summed E-state index contributed by atoms with van der Waals surface area (Å²) in [6.45, 7) is 3.77. The number of hydrogen-bond donors (Lipinski definition) is 1. The maximum absolute atomic E-state index is 11.7. The van der Waals surface area contributed by atoms with Gasteiger partial charge < -0.3 is 10.1 Å². The van der Waals surface area contributed by atoms with Crippen LogP contribution >= 0.6 is 0 Å². The molecule has 2 amide bonds. The molecule has 0 atom stereocenters. The fourth-order valence-corrected chi connectivity index (χ4v) is 2.28. The predicted octanol–water partition coefficient (Wildman–Crippen LogP) is -0.486. The first-order chi connectivity index (χ1) is 7.13. The topological polar surface area (TPSA) is 58.6 Å². The van der Waals surface area contributed by atoms with Gasteiger partial charge in [-0.05, 0) is 32.9 Å². The van der Waals surface area contributed by atoms with Gasteiger partial charge in [0.1, 0.15) is 13.2 Å². The summed E-state index contributed by atoms with van der Waals surface area (Å²) in [4.78, 5) is 24.8. The van der Waals surface area contributed by atoms with Crippen LogP contribution in [0.15, 0.2) is 0 Å². The number of imide groups is 1. The van der Waals surface area contributed by atoms with Crippen LogP contribution in [-0.2, 0) is 14.3 Å². The van der Waals surface area contributed by atoms with E-state index in [2.05, 4.69) is 5.32 Å². The fraction of sp³-hybridized carbons (Fsp3) is 0.800. The quantitative estimate of drug-likeness (QED) is 0.596. The van der Waals surface area contributed by atoms with Gasteiger partial charge in [-0.3, -0.25) is 14.5 Å². The highest BCUT2D eigenvalue weighted by atomic mass is 16.5. The SMILES string of the molecule is CC1(N2C(=O)COCC2=O)CCNCC1. The van der Waals surface area contributed by atoms with Gasteiger partial charge in [0.15, 0.2) is 0 Å². The molecule has 2 fully saturated rings. The average molecular weight is 212 g/mol. The summed E-state index contributed by atoms with van der Waals surface area (Å²) in [5, 5.41) is 3.23. The van der Waals surface area contributed by atoms with Crippen molar-refractivity contribution in [3.05, 3.63) is 0 Å². The fourth-order valence-electron chi connectivity index (χ4n) is 2.28. The molecule has 5 heteroatoms. The molecule has 0 saturated carbocycles. The number of carbonyl (C=O) groups excluding carboxylic acids is 2. The van der Waals surface area contributed by atoms with Crippen molar-refractivity contribution in [2.75, 3.05) is 26.3 Å². The molecule has 0 unspecified atom stereocenters. The number of morpholine rings is 1. The lowest BCUT2D eigenvalue weighted by atomic mass is 9.88. The Morgan fingerprint density at radius 1 is 1.20 bits per heavy atom. The Kier molecular flexibility index (Phi) is 2.75. The Morgan fingerprint density at radius 3 is 2.27 bits per heavy atom. The third-order valence-corrected chi connectivity index (χ3v) is 3.17. The number of nitrogens with one attached hydrogen (secondary N) is 1. The van der Waals surface area contributed by atoms with Gasteiger partial charge in [-0.25, -0.2) is 0 Å². The Balaban J connectivity index is 2.18. The van der Waals surface area contributed by atoms with Crippen molar-refractivity contribution in [1.82, 2.24) is 10.2 Å². The minimum absolute atomic E-state index is 0.0365. The second-order valence-electron chi connectivity index (χ2n) is 4.36. The van der Waals surface area contributed by atoms with E-state index in [0.717, 1.165) is 25.9 Å². The van der Waals surface area contributed by atoms with Gasteiger partial charge in [0.05, 0.1) is 5.54 Å². The van der Waals surface area contributed by atoms with E-state index in [0.29, 0.717) is 0 Å². The first kappa shape index (κ1) is 10.6. The van der Waals surface area contributed by atoms with Gasteiger partial charge in [0, 0.05) is 0 Å². The van der Waals surface area contributed by atoms with E-state index >= 15 is 0 Å². The van der Waals surface area contributed by atoms with Crippen LogP contribution in [0.4, 0.5) is 0 Å². The molecule has 0 aromatic heterocycles. The second-order valence-corrected chi connectivity index (χ2v) is 4.36. The highest BCUT2D eigenvalue weighted by molar-refractivity contribution is 5.99. The second kappa shape index (κ2) is 3.90. The molecule has 0 spiro atoms. The summed E-state index contributed by atoms with van der Waals surface area (Å²) in [5.74, 6) is -0.397. The molecule has 0 radical (unpaired) electrons. The molecule has 5 nitrogen and oxygen atoms in total. The predicted molar refractivity (Wildman–Crippen MR) is 53.2 cm³/mol. The van der Waals surface area contributed by atoms with Crippen molar-refractivity contribution in [2.45, 2.75) is 25.3 Å². The molecule has 2 saturated heterocycles. The monoisotopic (exact) mass is 212 g/mol. The van der Waals surface area contributed by atoms with Crippen LogP contribution in [0.5, 0.6) is 0 Å². The van der Waals surface area contributed by atoms with Crippen LogP contribution in [0.2, 0.25) is 0 Å². The number of hydrogen-bond acceptors (Lipinski definition) is 4.